The van der Waals surface area contributed by atoms with Crippen molar-refractivity contribution < 1.29 is 4.79 Å². The standard InChI is InChI=1S/C12H22N2O/c1-12(2,9-4-5-9)13-8-11(15)14(3)10-6-7-10/h9-10,13H,4-8H2,1-3H3. The highest BCUT2D eigenvalue weighted by Gasteiger charge is 2.38. The molecule has 0 aromatic heterocycles. The van der Waals surface area contributed by atoms with E-state index < -0.39 is 0 Å². The van der Waals surface area contributed by atoms with Crippen molar-refractivity contribution in [2.45, 2.75) is 51.1 Å². The number of nitrogens with zero attached hydrogens (tertiary/aromatic N) is 1. The van der Waals surface area contributed by atoms with Gasteiger partial charge in [-0.15, -0.1) is 0 Å². The molecule has 0 saturated heterocycles. The lowest BCUT2D eigenvalue weighted by molar-refractivity contribution is -0.129. The van der Waals surface area contributed by atoms with Gasteiger partial charge in [0.15, 0.2) is 0 Å². The second-order valence-electron chi connectivity index (χ2n) is 5.59. The van der Waals surface area contributed by atoms with E-state index in [0.29, 0.717) is 12.6 Å². The zero-order valence-electron chi connectivity index (χ0n) is 10.0. The average Bonchev–Trinajstić information content (AvgIpc) is 3.06. The Balaban J connectivity index is 1.74. The molecule has 2 aliphatic carbocycles. The molecule has 1 N–H and O–H groups in total. The highest BCUT2D eigenvalue weighted by molar-refractivity contribution is 5.78. The zero-order valence-corrected chi connectivity index (χ0v) is 10.0. The second kappa shape index (κ2) is 3.78. The summed E-state index contributed by atoms with van der Waals surface area (Å²) in [5, 5.41) is 3.39. The van der Waals surface area contributed by atoms with Crippen LogP contribution in [0.1, 0.15) is 39.5 Å². The molecule has 2 saturated carbocycles. The van der Waals surface area contributed by atoms with Gasteiger partial charge in [-0.2, -0.15) is 0 Å². The Morgan fingerprint density at radius 1 is 1.33 bits per heavy atom. The first-order chi connectivity index (χ1) is 7.00. The van der Waals surface area contributed by atoms with E-state index in [2.05, 4.69) is 19.2 Å². The van der Waals surface area contributed by atoms with Gasteiger partial charge in [-0.3, -0.25) is 4.79 Å². The quantitative estimate of drug-likeness (QED) is 0.743. The summed E-state index contributed by atoms with van der Waals surface area (Å²) in [6, 6.07) is 0.531. The van der Waals surface area contributed by atoms with E-state index in [-0.39, 0.29) is 11.4 Å². The molecule has 2 aliphatic rings. The van der Waals surface area contributed by atoms with Crippen LogP contribution < -0.4 is 5.32 Å². The molecule has 0 aromatic rings. The number of carbonyl (C=O) groups is 1. The molecule has 0 radical (unpaired) electrons. The summed E-state index contributed by atoms with van der Waals surface area (Å²) in [7, 11) is 1.92. The second-order valence-corrected chi connectivity index (χ2v) is 5.59. The molecule has 0 heterocycles. The lowest BCUT2D eigenvalue weighted by Crippen LogP contribution is -2.47. The van der Waals surface area contributed by atoms with Crippen molar-refractivity contribution in [3.8, 4) is 0 Å². The third-order valence-electron chi connectivity index (χ3n) is 3.78. The molecule has 0 unspecified atom stereocenters. The van der Waals surface area contributed by atoms with Crippen molar-refractivity contribution in [2.24, 2.45) is 5.92 Å². The van der Waals surface area contributed by atoms with Crippen LogP contribution in [-0.4, -0.2) is 36.0 Å². The lowest BCUT2D eigenvalue weighted by Gasteiger charge is -2.27. The van der Waals surface area contributed by atoms with Gasteiger partial charge in [0.1, 0.15) is 0 Å². The molecule has 15 heavy (non-hydrogen) atoms. The van der Waals surface area contributed by atoms with Crippen molar-refractivity contribution in [2.75, 3.05) is 13.6 Å². The number of likely N-dealkylation sites (N-methyl/N-ethyl adjacent to an activating group) is 1. The molecule has 0 spiro atoms. The Hall–Kier alpha value is -0.570. The maximum absolute atomic E-state index is 11.8. The van der Waals surface area contributed by atoms with E-state index in [1.165, 1.54) is 25.7 Å². The molecule has 3 nitrogen and oxygen atoms in total. The van der Waals surface area contributed by atoms with Gasteiger partial charge in [0, 0.05) is 18.6 Å². The molecule has 2 fully saturated rings. The molecule has 0 bridgehead atoms. The fourth-order valence-electron chi connectivity index (χ4n) is 2.04. The van der Waals surface area contributed by atoms with Gasteiger partial charge < -0.3 is 10.2 Å². The monoisotopic (exact) mass is 210 g/mol. The van der Waals surface area contributed by atoms with Gasteiger partial charge >= 0.3 is 0 Å². The van der Waals surface area contributed by atoms with Crippen LogP contribution in [-0.2, 0) is 4.79 Å². The van der Waals surface area contributed by atoms with E-state index in [0.717, 1.165) is 5.92 Å². The van der Waals surface area contributed by atoms with Gasteiger partial charge in [-0.05, 0) is 45.4 Å². The summed E-state index contributed by atoms with van der Waals surface area (Å²) in [6.45, 7) is 4.90. The smallest absolute Gasteiger partial charge is 0.236 e. The van der Waals surface area contributed by atoms with E-state index in [4.69, 9.17) is 0 Å². The van der Waals surface area contributed by atoms with Crippen molar-refractivity contribution in [3.63, 3.8) is 0 Å². The topological polar surface area (TPSA) is 32.3 Å². The first kappa shape index (κ1) is 10.9. The third-order valence-corrected chi connectivity index (χ3v) is 3.78. The van der Waals surface area contributed by atoms with Crippen LogP contribution in [0.2, 0.25) is 0 Å². The van der Waals surface area contributed by atoms with Crippen molar-refractivity contribution in [3.05, 3.63) is 0 Å². The van der Waals surface area contributed by atoms with Crippen LogP contribution in [0.15, 0.2) is 0 Å². The average molecular weight is 210 g/mol. The molecule has 0 atom stereocenters. The Bertz CT molecular complexity index is 254. The largest absolute Gasteiger partial charge is 0.342 e. The first-order valence-electron chi connectivity index (χ1n) is 6.01. The molecular formula is C12H22N2O. The molecular weight excluding hydrogens is 188 g/mol. The summed E-state index contributed by atoms with van der Waals surface area (Å²) >= 11 is 0. The van der Waals surface area contributed by atoms with Gasteiger partial charge in [0.25, 0.3) is 0 Å². The summed E-state index contributed by atoms with van der Waals surface area (Å²) in [5.41, 5.74) is 0.139. The third kappa shape index (κ3) is 2.71. The van der Waals surface area contributed by atoms with Crippen LogP contribution in [0.3, 0.4) is 0 Å². The van der Waals surface area contributed by atoms with Gasteiger partial charge in [0.05, 0.1) is 6.54 Å². The summed E-state index contributed by atoms with van der Waals surface area (Å²) in [6.07, 6.45) is 5.00. The number of nitrogens with one attached hydrogen (secondary N) is 1. The highest BCUT2D eigenvalue weighted by Crippen LogP contribution is 2.39. The number of amides is 1. The van der Waals surface area contributed by atoms with E-state index >= 15 is 0 Å². The number of carbonyl (C=O) groups excluding carboxylic acids is 1. The minimum atomic E-state index is 0.139. The fourth-order valence-corrected chi connectivity index (χ4v) is 2.04. The Labute approximate surface area is 92.2 Å². The van der Waals surface area contributed by atoms with E-state index in [9.17, 15) is 4.79 Å². The lowest BCUT2D eigenvalue weighted by atomic mass is 9.99. The Morgan fingerprint density at radius 3 is 2.40 bits per heavy atom. The zero-order chi connectivity index (χ0) is 11.1. The van der Waals surface area contributed by atoms with Crippen LogP contribution in [0, 0.1) is 5.92 Å². The maximum Gasteiger partial charge on any atom is 0.236 e. The summed E-state index contributed by atoms with van der Waals surface area (Å²) < 4.78 is 0. The highest BCUT2D eigenvalue weighted by atomic mass is 16.2. The van der Waals surface area contributed by atoms with Crippen LogP contribution in [0.25, 0.3) is 0 Å². The van der Waals surface area contributed by atoms with Crippen molar-refractivity contribution in [1.82, 2.24) is 10.2 Å². The summed E-state index contributed by atoms with van der Waals surface area (Å²) in [5.74, 6) is 1.02. The first-order valence-corrected chi connectivity index (χ1v) is 6.01. The SMILES string of the molecule is CN(C(=O)CNC(C)(C)C1CC1)C1CC1. The van der Waals surface area contributed by atoms with Crippen molar-refractivity contribution >= 4 is 5.91 Å². The number of hydrogen-bond donors (Lipinski definition) is 1. The van der Waals surface area contributed by atoms with Gasteiger partial charge in [-0.1, -0.05) is 0 Å². The molecule has 0 aliphatic heterocycles. The molecule has 86 valence electrons. The summed E-state index contributed by atoms with van der Waals surface area (Å²) in [4.78, 5) is 13.7. The minimum Gasteiger partial charge on any atom is -0.342 e. The number of rotatable bonds is 5. The van der Waals surface area contributed by atoms with Gasteiger partial charge in [0.2, 0.25) is 5.91 Å². The predicted octanol–water partition coefficient (Wildman–Crippen LogP) is 1.39. The van der Waals surface area contributed by atoms with Gasteiger partial charge in [-0.25, -0.2) is 0 Å². The normalized spacial score (nSPS) is 21.5. The Morgan fingerprint density at radius 2 is 1.93 bits per heavy atom. The maximum atomic E-state index is 11.8. The fraction of sp³-hybridized carbons (Fsp3) is 0.917. The molecule has 0 aromatic carbocycles. The minimum absolute atomic E-state index is 0.139. The van der Waals surface area contributed by atoms with E-state index in [1.807, 2.05) is 11.9 Å². The van der Waals surface area contributed by atoms with Crippen LogP contribution in [0.4, 0.5) is 0 Å². The van der Waals surface area contributed by atoms with Crippen LogP contribution >= 0.6 is 0 Å². The predicted molar refractivity (Wildman–Crippen MR) is 60.6 cm³/mol. The molecule has 3 heteroatoms. The molecule has 1 amide bonds. The molecule has 2 rings (SSSR count). The van der Waals surface area contributed by atoms with Crippen LogP contribution in [0.5, 0.6) is 0 Å². The number of hydrogen-bond acceptors (Lipinski definition) is 2. The Kier molecular flexibility index (Phi) is 2.75. The van der Waals surface area contributed by atoms with E-state index in [1.54, 1.807) is 0 Å². The van der Waals surface area contributed by atoms with Crippen molar-refractivity contribution in [1.29, 1.82) is 0 Å².